The van der Waals surface area contributed by atoms with E-state index in [2.05, 4.69) is 5.32 Å². The SMILES string of the molecule is CC(=O)CCc1ccc(OCC(=O)NC2CCN(C(=O)OC(C)(C)C)CC2)cc1. The van der Waals surface area contributed by atoms with Crippen molar-refractivity contribution in [2.75, 3.05) is 19.7 Å². The predicted molar refractivity (Wildman–Crippen MR) is 110 cm³/mol. The highest BCUT2D eigenvalue weighted by molar-refractivity contribution is 5.78. The zero-order valence-electron chi connectivity index (χ0n) is 17.8. The third-order valence-corrected chi connectivity index (χ3v) is 4.57. The van der Waals surface area contributed by atoms with Crippen molar-refractivity contribution in [3.05, 3.63) is 29.8 Å². The Balaban J connectivity index is 1.68. The molecule has 1 aromatic rings. The predicted octanol–water partition coefficient (Wildman–Crippen LogP) is 3.10. The Hall–Kier alpha value is -2.57. The Bertz CT molecular complexity index is 701. The maximum absolute atomic E-state index is 12.2. The Labute approximate surface area is 172 Å². The number of ether oxygens (including phenoxy) is 2. The van der Waals surface area contributed by atoms with Crippen molar-refractivity contribution in [1.82, 2.24) is 10.2 Å². The molecule has 7 heteroatoms. The normalized spacial score (nSPS) is 15.0. The van der Waals surface area contributed by atoms with Gasteiger partial charge in [0.15, 0.2) is 6.61 Å². The molecule has 0 bridgehead atoms. The first-order chi connectivity index (χ1) is 13.6. The van der Waals surface area contributed by atoms with E-state index in [9.17, 15) is 14.4 Å². The van der Waals surface area contributed by atoms with E-state index in [1.54, 1.807) is 11.8 Å². The van der Waals surface area contributed by atoms with Crippen molar-refractivity contribution in [1.29, 1.82) is 0 Å². The molecule has 1 aliphatic rings. The van der Waals surface area contributed by atoms with Gasteiger partial charge in [0, 0.05) is 25.6 Å². The van der Waals surface area contributed by atoms with Gasteiger partial charge in [0.05, 0.1) is 0 Å². The molecule has 0 spiro atoms. The molecule has 0 saturated carbocycles. The number of ketones is 1. The third kappa shape index (κ3) is 8.54. The second kappa shape index (κ2) is 10.3. The van der Waals surface area contributed by atoms with E-state index < -0.39 is 5.60 Å². The number of rotatable bonds is 7. The van der Waals surface area contributed by atoms with Crippen LogP contribution in [0.4, 0.5) is 4.79 Å². The minimum Gasteiger partial charge on any atom is -0.484 e. The van der Waals surface area contributed by atoms with Crippen molar-refractivity contribution < 1.29 is 23.9 Å². The molecular formula is C22H32N2O5. The van der Waals surface area contributed by atoms with Crippen LogP contribution in [0.25, 0.3) is 0 Å². The van der Waals surface area contributed by atoms with Crippen LogP contribution in [-0.4, -0.2) is 54.0 Å². The molecule has 0 unspecified atom stereocenters. The Morgan fingerprint density at radius 2 is 1.72 bits per heavy atom. The number of likely N-dealkylation sites (tertiary alicyclic amines) is 1. The van der Waals surface area contributed by atoms with E-state index in [0.29, 0.717) is 44.5 Å². The molecular weight excluding hydrogens is 372 g/mol. The molecule has 1 saturated heterocycles. The maximum Gasteiger partial charge on any atom is 0.410 e. The number of nitrogens with one attached hydrogen (secondary N) is 1. The Morgan fingerprint density at radius 3 is 2.28 bits per heavy atom. The molecule has 1 aromatic carbocycles. The summed E-state index contributed by atoms with van der Waals surface area (Å²) in [6.45, 7) is 8.17. The summed E-state index contributed by atoms with van der Waals surface area (Å²) in [5.74, 6) is 0.603. The van der Waals surface area contributed by atoms with Crippen LogP contribution in [0.5, 0.6) is 5.75 Å². The number of Topliss-reactive ketones (excluding diaryl/α,β-unsaturated/α-hetero) is 1. The van der Waals surface area contributed by atoms with Crippen LogP contribution in [0.3, 0.4) is 0 Å². The average molecular weight is 405 g/mol. The van der Waals surface area contributed by atoms with Crippen LogP contribution < -0.4 is 10.1 Å². The van der Waals surface area contributed by atoms with E-state index in [-0.39, 0.29) is 30.4 Å². The van der Waals surface area contributed by atoms with Gasteiger partial charge in [-0.15, -0.1) is 0 Å². The molecule has 1 heterocycles. The van der Waals surface area contributed by atoms with Crippen LogP contribution in [0.1, 0.15) is 52.5 Å². The fourth-order valence-corrected chi connectivity index (χ4v) is 3.02. The van der Waals surface area contributed by atoms with Gasteiger partial charge in [-0.1, -0.05) is 12.1 Å². The van der Waals surface area contributed by atoms with Crippen LogP contribution in [0, 0.1) is 0 Å². The molecule has 2 rings (SSSR count). The topological polar surface area (TPSA) is 84.9 Å². The van der Waals surface area contributed by atoms with Crippen LogP contribution >= 0.6 is 0 Å². The number of hydrogen-bond donors (Lipinski definition) is 1. The number of amides is 2. The highest BCUT2D eigenvalue weighted by Gasteiger charge is 2.27. The summed E-state index contributed by atoms with van der Waals surface area (Å²) in [6, 6.07) is 7.45. The summed E-state index contributed by atoms with van der Waals surface area (Å²) < 4.78 is 10.9. The lowest BCUT2D eigenvalue weighted by Crippen LogP contribution is -2.48. The summed E-state index contributed by atoms with van der Waals surface area (Å²) >= 11 is 0. The van der Waals surface area contributed by atoms with Gasteiger partial charge in [0.2, 0.25) is 0 Å². The van der Waals surface area contributed by atoms with E-state index in [4.69, 9.17) is 9.47 Å². The molecule has 0 radical (unpaired) electrons. The number of aryl methyl sites for hydroxylation is 1. The average Bonchev–Trinajstić information content (AvgIpc) is 2.64. The van der Waals surface area contributed by atoms with Crippen LogP contribution in [0.15, 0.2) is 24.3 Å². The van der Waals surface area contributed by atoms with Gasteiger partial charge in [-0.2, -0.15) is 0 Å². The quantitative estimate of drug-likeness (QED) is 0.755. The van der Waals surface area contributed by atoms with Gasteiger partial charge >= 0.3 is 6.09 Å². The van der Waals surface area contributed by atoms with Gasteiger partial charge in [0.25, 0.3) is 5.91 Å². The first kappa shape index (κ1) is 22.7. The van der Waals surface area contributed by atoms with Gasteiger partial charge in [-0.25, -0.2) is 4.79 Å². The van der Waals surface area contributed by atoms with E-state index >= 15 is 0 Å². The summed E-state index contributed by atoms with van der Waals surface area (Å²) in [4.78, 5) is 36.9. The van der Waals surface area contributed by atoms with Gasteiger partial charge < -0.3 is 24.5 Å². The highest BCUT2D eigenvalue weighted by atomic mass is 16.6. The number of piperidine rings is 1. The third-order valence-electron chi connectivity index (χ3n) is 4.57. The lowest BCUT2D eigenvalue weighted by atomic mass is 10.1. The standard InChI is InChI=1S/C22H32N2O5/c1-16(25)5-6-17-7-9-19(10-8-17)28-15-20(26)23-18-11-13-24(14-12-18)21(27)29-22(2,3)4/h7-10,18H,5-6,11-15H2,1-4H3,(H,23,26). The monoisotopic (exact) mass is 404 g/mol. The summed E-state index contributed by atoms with van der Waals surface area (Å²) in [5.41, 5.74) is 0.555. The summed E-state index contributed by atoms with van der Waals surface area (Å²) in [5, 5.41) is 2.96. The molecule has 1 aliphatic heterocycles. The molecule has 29 heavy (non-hydrogen) atoms. The number of hydrogen-bond acceptors (Lipinski definition) is 5. The molecule has 2 amide bonds. The summed E-state index contributed by atoms with van der Waals surface area (Å²) in [7, 11) is 0. The Kier molecular flexibility index (Phi) is 8.05. The molecule has 0 atom stereocenters. The van der Waals surface area contributed by atoms with E-state index in [1.807, 2.05) is 45.0 Å². The van der Waals surface area contributed by atoms with Crippen molar-refractivity contribution in [3.8, 4) is 5.75 Å². The molecule has 0 aromatic heterocycles. The number of nitrogens with zero attached hydrogens (tertiary/aromatic N) is 1. The van der Waals surface area contributed by atoms with Crippen molar-refractivity contribution in [2.24, 2.45) is 0 Å². The fraction of sp³-hybridized carbons (Fsp3) is 0.591. The van der Waals surface area contributed by atoms with Gasteiger partial charge in [-0.3, -0.25) is 4.79 Å². The van der Waals surface area contributed by atoms with Crippen molar-refractivity contribution in [2.45, 2.75) is 65.0 Å². The number of carbonyl (C=O) groups is 3. The second-order valence-electron chi connectivity index (χ2n) is 8.44. The van der Waals surface area contributed by atoms with Crippen molar-refractivity contribution >= 4 is 17.8 Å². The molecule has 1 fully saturated rings. The van der Waals surface area contributed by atoms with Gasteiger partial charge in [-0.05, 0) is 64.7 Å². The number of benzene rings is 1. The molecule has 7 nitrogen and oxygen atoms in total. The second-order valence-corrected chi connectivity index (χ2v) is 8.44. The van der Waals surface area contributed by atoms with E-state index in [1.165, 1.54) is 0 Å². The van der Waals surface area contributed by atoms with Crippen LogP contribution in [-0.2, 0) is 20.7 Å². The fourth-order valence-electron chi connectivity index (χ4n) is 3.02. The first-order valence-electron chi connectivity index (χ1n) is 10.1. The molecule has 0 aliphatic carbocycles. The zero-order valence-corrected chi connectivity index (χ0v) is 17.8. The highest BCUT2D eigenvalue weighted by Crippen LogP contribution is 2.16. The lowest BCUT2D eigenvalue weighted by molar-refractivity contribution is -0.124. The zero-order chi connectivity index (χ0) is 21.4. The minimum atomic E-state index is -0.509. The lowest BCUT2D eigenvalue weighted by Gasteiger charge is -2.33. The van der Waals surface area contributed by atoms with Crippen molar-refractivity contribution in [3.63, 3.8) is 0 Å². The summed E-state index contributed by atoms with van der Waals surface area (Å²) in [6.07, 6.45) is 2.30. The maximum atomic E-state index is 12.2. The largest absolute Gasteiger partial charge is 0.484 e. The smallest absolute Gasteiger partial charge is 0.410 e. The van der Waals surface area contributed by atoms with E-state index in [0.717, 1.165) is 5.56 Å². The van der Waals surface area contributed by atoms with Crippen LogP contribution in [0.2, 0.25) is 0 Å². The Morgan fingerprint density at radius 1 is 1.10 bits per heavy atom. The minimum absolute atomic E-state index is 0.0266. The number of carbonyl (C=O) groups excluding carboxylic acids is 3. The molecule has 1 N–H and O–H groups in total. The van der Waals surface area contributed by atoms with Gasteiger partial charge in [0.1, 0.15) is 17.1 Å². The first-order valence-corrected chi connectivity index (χ1v) is 10.1. The molecule has 160 valence electrons.